The molecule has 1 fully saturated rings. The monoisotopic (exact) mass is 525 g/mol. The van der Waals surface area contributed by atoms with Crippen LogP contribution in [0.15, 0.2) is 36.0 Å². The van der Waals surface area contributed by atoms with Crippen molar-refractivity contribution in [2.75, 3.05) is 20.3 Å². The maximum absolute atomic E-state index is 13.4. The molecule has 198 valence electrons. The highest BCUT2D eigenvalue weighted by atomic mass is 32.1. The topological polar surface area (TPSA) is 98.6 Å². The van der Waals surface area contributed by atoms with E-state index in [1.54, 1.807) is 28.0 Å². The lowest BCUT2D eigenvalue weighted by molar-refractivity contribution is -0.141. The predicted molar refractivity (Wildman–Crippen MR) is 142 cm³/mol. The van der Waals surface area contributed by atoms with Gasteiger partial charge >= 0.3 is 0 Å². The number of aromatic nitrogens is 3. The largest absolute Gasteiger partial charge is 0.493 e. The zero-order valence-corrected chi connectivity index (χ0v) is 22.6. The summed E-state index contributed by atoms with van der Waals surface area (Å²) in [6, 6.07) is 7.10. The highest BCUT2D eigenvalue weighted by Gasteiger charge is 2.31. The molecule has 3 heterocycles. The number of methoxy groups -OCH3 is 1. The molecule has 0 saturated carbocycles. The van der Waals surface area contributed by atoms with Gasteiger partial charge in [0.1, 0.15) is 6.04 Å². The van der Waals surface area contributed by atoms with Crippen LogP contribution in [0, 0.1) is 13.8 Å². The minimum atomic E-state index is -0.501. The molecule has 0 aliphatic carbocycles. The molecular formula is C27H35N5O4S. The number of ether oxygens (including phenoxy) is 2. The maximum atomic E-state index is 13.4. The van der Waals surface area contributed by atoms with E-state index in [4.69, 9.17) is 9.47 Å². The predicted octanol–water partition coefficient (Wildman–Crippen LogP) is 3.67. The van der Waals surface area contributed by atoms with Gasteiger partial charge in [-0.25, -0.2) is 4.98 Å². The maximum Gasteiger partial charge on any atom is 0.242 e. The van der Waals surface area contributed by atoms with Crippen molar-refractivity contribution in [3.05, 3.63) is 57.8 Å². The summed E-state index contributed by atoms with van der Waals surface area (Å²) in [7, 11) is 1.60. The van der Waals surface area contributed by atoms with Crippen LogP contribution in [0.1, 0.15) is 47.5 Å². The molecule has 1 saturated heterocycles. The third kappa shape index (κ3) is 7.09. The second-order valence-electron chi connectivity index (χ2n) is 9.24. The number of rotatable bonds is 11. The zero-order valence-electron chi connectivity index (χ0n) is 21.7. The minimum Gasteiger partial charge on any atom is -0.493 e. The first-order valence-corrected chi connectivity index (χ1v) is 13.6. The molecule has 1 aromatic carbocycles. The van der Waals surface area contributed by atoms with Gasteiger partial charge in [-0.1, -0.05) is 6.07 Å². The highest BCUT2D eigenvalue weighted by molar-refractivity contribution is 7.09. The molecule has 2 aromatic heterocycles. The van der Waals surface area contributed by atoms with E-state index in [2.05, 4.69) is 15.4 Å². The lowest BCUT2D eigenvalue weighted by Crippen LogP contribution is -2.48. The molecule has 1 aliphatic rings. The van der Waals surface area contributed by atoms with Gasteiger partial charge < -0.3 is 19.7 Å². The summed E-state index contributed by atoms with van der Waals surface area (Å²) in [5, 5.41) is 7.34. The van der Waals surface area contributed by atoms with Crippen LogP contribution in [0.25, 0.3) is 0 Å². The smallest absolute Gasteiger partial charge is 0.242 e. The number of carbonyl (C=O) groups excluding carboxylic acids is 2. The number of benzene rings is 1. The summed E-state index contributed by atoms with van der Waals surface area (Å²) in [6.07, 6.45) is 5.36. The van der Waals surface area contributed by atoms with Gasteiger partial charge in [-0.05, 0) is 56.9 Å². The van der Waals surface area contributed by atoms with Crippen molar-refractivity contribution >= 4 is 23.2 Å². The van der Waals surface area contributed by atoms with E-state index in [9.17, 15) is 9.59 Å². The summed E-state index contributed by atoms with van der Waals surface area (Å²) in [5.41, 5.74) is 4.66. The van der Waals surface area contributed by atoms with Crippen molar-refractivity contribution in [2.45, 2.75) is 65.1 Å². The van der Waals surface area contributed by atoms with Crippen molar-refractivity contribution in [2.24, 2.45) is 0 Å². The lowest BCUT2D eigenvalue weighted by atomic mass is 10.1. The quantitative estimate of drug-likeness (QED) is 0.410. The van der Waals surface area contributed by atoms with Gasteiger partial charge in [-0.15, -0.1) is 11.3 Å². The van der Waals surface area contributed by atoms with Crippen LogP contribution in [0.3, 0.4) is 0 Å². The number of hydrogen-bond acceptors (Lipinski definition) is 7. The fraction of sp³-hybridized carbons (Fsp3) is 0.481. The Labute approximate surface area is 221 Å². The first-order chi connectivity index (χ1) is 17.9. The Bertz CT molecular complexity index is 1210. The molecule has 1 atom stereocenters. The van der Waals surface area contributed by atoms with Gasteiger partial charge in [0, 0.05) is 43.5 Å². The van der Waals surface area contributed by atoms with Crippen molar-refractivity contribution in [3.8, 4) is 11.5 Å². The van der Waals surface area contributed by atoms with Gasteiger partial charge in [-0.3, -0.25) is 14.3 Å². The summed E-state index contributed by atoms with van der Waals surface area (Å²) in [5.74, 6) is 1.08. The van der Waals surface area contributed by atoms with Gasteiger partial charge in [0.05, 0.1) is 30.6 Å². The van der Waals surface area contributed by atoms with Crippen LogP contribution in [-0.2, 0) is 29.1 Å². The minimum absolute atomic E-state index is 0.0746. The number of nitrogens with zero attached hydrogens (tertiary/aromatic N) is 4. The van der Waals surface area contributed by atoms with Gasteiger partial charge in [-0.2, -0.15) is 5.10 Å². The van der Waals surface area contributed by atoms with Crippen LogP contribution in [-0.4, -0.2) is 57.8 Å². The molecule has 4 rings (SSSR count). The zero-order chi connectivity index (χ0) is 26.2. The summed E-state index contributed by atoms with van der Waals surface area (Å²) < 4.78 is 13.4. The van der Waals surface area contributed by atoms with Crippen molar-refractivity contribution in [3.63, 3.8) is 0 Å². The Hall–Kier alpha value is -3.40. The molecule has 1 aliphatic heterocycles. The van der Waals surface area contributed by atoms with E-state index in [1.807, 2.05) is 49.8 Å². The average molecular weight is 526 g/mol. The van der Waals surface area contributed by atoms with Crippen molar-refractivity contribution < 1.29 is 19.1 Å². The van der Waals surface area contributed by atoms with Crippen molar-refractivity contribution in [1.82, 2.24) is 25.0 Å². The fourth-order valence-corrected chi connectivity index (χ4v) is 5.24. The standard InChI is InChI=1S/C27H35N5O4S/c1-19-9-13-31(30-19)14-10-26(33)32(22-6-4-5-12-28-27(22)34)17-21-7-8-23(24(16-21)35-3)36-15-11-25-20(2)29-18-37-25/h7-9,13,16,18,22H,4-6,10-12,14-15,17H2,1-3H3,(H,28,34)/t22-/m0/s1. The Morgan fingerprint density at radius 1 is 1.24 bits per heavy atom. The van der Waals surface area contributed by atoms with Crippen LogP contribution in [0.2, 0.25) is 0 Å². The van der Waals surface area contributed by atoms with Crippen molar-refractivity contribution in [1.29, 1.82) is 0 Å². The third-order valence-corrected chi connectivity index (χ3v) is 7.54. The second kappa shape index (κ2) is 12.7. The Kier molecular flexibility index (Phi) is 9.16. The molecule has 0 radical (unpaired) electrons. The molecule has 10 heteroatoms. The first-order valence-electron chi connectivity index (χ1n) is 12.7. The van der Waals surface area contributed by atoms with Crippen LogP contribution in [0.4, 0.5) is 0 Å². The molecular weight excluding hydrogens is 490 g/mol. The molecule has 37 heavy (non-hydrogen) atoms. The Balaban J connectivity index is 1.47. The number of nitrogens with one attached hydrogen (secondary N) is 1. The van der Waals surface area contributed by atoms with E-state index in [0.717, 1.165) is 36.2 Å². The summed E-state index contributed by atoms with van der Waals surface area (Å²) >= 11 is 1.63. The highest BCUT2D eigenvalue weighted by Crippen LogP contribution is 2.30. The fourth-order valence-electron chi connectivity index (χ4n) is 4.48. The average Bonchev–Trinajstić information content (AvgIpc) is 3.44. The van der Waals surface area contributed by atoms with E-state index in [0.29, 0.717) is 44.2 Å². The number of carbonyl (C=O) groups is 2. The molecule has 1 N–H and O–H groups in total. The van der Waals surface area contributed by atoms with Gasteiger partial charge in [0.2, 0.25) is 11.8 Å². The Morgan fingerprint density at radius 3 is 2.84 bits per heavy atom. The molecule has 0 spiro atoms. The molecule has 2 amide bonds. The van der Waals surface area contributed by atoms with E-state index < -0.39 is 6.04 Å². The summed E-state index contributed by atoms with van der Waals surface area (Å²) in [4.78, 5) is 33.5. The molecule has 0 unspecified atom stereocenters. The first kappa shape index (κ1) is 26.7. The van der Waals surface area contributed by atoms with E-state index in [-0.39, 0.29) is 18.2 Å². The molecule has 3 aromatic rings. The normalized spacial score (nSPS) is 15.6. The van der Waals surface area contributed by atoms with E-state index >= 15 is 0 Å². The number of hydrogen-bond donors (Lipinski definition) is 1. The van der Waals surface area contributed by atoms with Gasteiger partial charge in [0.25, 0.3) is 0 Å². The second-order valence-corrected chi connectivity index (χ2v) is 10.2. The third-order valence-electron chi connectivity index (χ3n) is 6.54. The van der Waals surface area contributed by atoms with E-state index in [1.165, 1.54) is 4.88 Å². The SMILES string of the molecule is COc1cc(CN(C(=O)CCn2ccc(C)n2)[C@H]2CCCCNC2=O)ccc1OCCc1scnc1C. The van der Waals surface area contributed by atoms with Crippen LogP contribution < -0.4 is 14.8 Å². The van der Waals surface area contributed by atoms with Crippen LogP contribution >= 0.6 is 11.3 Å². The number of aryl methyl sites for hydroxylation is 3. The number of thiazole rings is 1. The molecule has 0 bridgehead atoms. The van der Waals surface area contributed by atoms with Crippen LogP contribution in [0.5, 0.6) is 11.5 Å². The van der Waals surface area contributed by atoms with Gasteiger partial charge in [0.15, 0.2) is 11.5 Å². The Morgan fingerprint density at radius 2 is 2.11 bits per heavy atom. The molecule has 9 nitrogen and oxygen atoms in total. The summed E-state index contributed by atoms with van der Waals surface area (Å²) in [6.45, 7) is 5.85. The lowest BCUT2D eigenvalue weighted by Gasteiger charge is -2.30. The number of amides is 2.